The highest BCUT2D eigenvalue weighted by Gasteiger charge is 2.30. The fourth-order valence-electron chi connectivity index (χ4n) is 3.97. The fourth-order valence-corrected chi connectivity index (χ4v) is 3.97. The first kappa shape index (κ1) is 24.4. The van der Waals surface area contributed by atoms with E-state index in [4.69, 9.17) is 14.2 Å². The van der Waals surface area contributed by atoms with E-state index in [-0.39, 0.29) is 17.7 Å². The number of ether oxygens (including phenoxy) is 3. The molecule has 0 aliphatic carbocycles. The molecular formula is C26H34N2O5. The Hall–Kier alpha value is -3.22. The number of nitrogens with zero attached hydrogens (tertiary/aromatic N) is 1. The number of rotatable bonds is 10. The zero-order valence-corrected chi connectivity index (χ0v) is 19.8. The molecule has 1 atom stereocenters. The van der Waals surface area contributed by atoms with Crippen LogP contribution in [0.15, 0.2) is 42.5 Å². The van der Waals surface area contributed by atoms with Gasteiger partial charge in [0, 0.05) is 25.2 Å². The highest BCUT2D eigenvalue weighted by Crippen LogP contribution is 2.39. The Morgan fingerprint density at radius 2 is 1.79 bits per heavy atom. The smallest absolute Gasteiger partial charge is 0.254 e. The number of hydrogen-bond donors (Lipinski definition) is 1. The van der Waals surface area contributed by atoms with Gasteiger partial charge in [0.1, 0.15) is 6.61 Å². The van der Waals surface area contributed by atoms with Crippen LogP contribution in [0.1, 0.15) is 48.5 Å². The molecule has 1 saturated heterocycles. The lowest BCUT2D eigenvalue weighted by molar-refractivity contribution is -0.126. The molecule has 1 aliphatic heterocycles. The van der Waals surface area contributed by atoms with Crippen LogP contribution in [-0.4, -0.2) is 50.6 Å². The van der Waals surface area contributed by atoms with Gasteiger partial charge in [0.25, 0.3) is 5.91 Å². The van der Waals surface area contributed by atoms with E-state index in [0.29, 0.717) is 49.1 Å². The summed E-state index contributed by atoms with van der Waals surface area (Å²) in [5, 5.41) is 2.99. The molecule has 1 aliphatic rings. The Morgan fingerprint density at radius 3 is 2.42 bits per heavy atom. The van der Waals surface area contributed by atoms with E-state index in [1.165, 1.54) is 14.2 Å². The summed E-state index contributed by atoms with van der Waals surface area (Å²) in [6, 6.07) is 13.1. The Balaban J connectivity index is 1.73. The van der Waals surface area contributed by atoms with Gasteiger partial charge in [-0.15, -0.1) is 0 Å². The maximum Gasteiger partial charge on any atom is 0.254 e. The highest BCUT2D eigenvalue weighted by molar-refractivity contribution is 5.96. The lowest BCUT2D eigenvalue weighted by Gasteiger charge is -2.32. The van der Waals surface area contributed by atoms with Crippen molar-refractivity contribution in [1.82, 2.24) is 10.2 Å². The molecule has 1 heterocycles. The molecule has 0 radical (unpaired) electrons. The Bertz CT molecular complexity index is 907. The zero-order chi connectivity index (χ0) is 23.6. The molecule has 2 aromatic carbocycles. The van der Waals surface area contributed by atoms with Crippen molar-refractivity contribution in [2.75, 3.05) is 33.9 Å². The zero-order valence-electron chi connectivity index (χ0n) is 19.8. The molecule has 178 valence electrons. The number of carbonyl (C=O) groups is 2. The summed E-state index contributed by atoms with van der Waals surface area (Å²) in [4.78, 5) is 27.5. The van der Waals surface area contributed by atoms with Crippen molar-refractivity contribution in [3.05, 3.63) is 53.6 Å². The quantitative estimate of drug-likeness (QED) is 0.548. The van der Waals surface area contributed by atoms with E-state index in [9.17, 15) is 9.59 Å². The standard InChI is InChI=1S/C26H34N2O5/c1-4-5-13-27-25(29)20-12-9-14-28(17-20)26(30)21-15-22(31-2)24(23(16-21)32-3)33-18-19-10-7-6-8-11-19/h6-8,10-11,15-16,20H,4-5,9,12-14,17-18H2,1-3H3,(H,27,29). The van der Waals surface area contributed by atoms with E-state index in [0.717, 1.165) is 31.2 Å². The van der Waals surface area contributed by atoms with Crippen molar-refractivity contribution >= 4 is 11.8 Å². The van der Waals surface area contributed by atoms with Gasteiger partial charge in [-0.05, 0) is 37.0 Å². The first-order chi connectivity index (χ1) is 16.1. The summed E-state index contributed by atoms with van der Waals surface area (Å²) >= 11 is 0. The largest absolute Gasteiger partial charge is 0.493 e. The molecule has 0 saturated carbocycles. The number of likely N-dealkylation sites (tertiary alicyclic amines) is 1. The van der Waals surface area contributed by atoms with Gasteiger partial charge in [-0.2, -0.15) is 0 Å². The molecule has 2 aromatic rings. The number of carbonyl (C=O) groups excluding carboxylic acids is 2. The van der Waals surface area contributed by atoms with Crippen LogP contribution in [0.5, 0.6) is 17.2 Å². The van der Waals surface area contributed by atoms with Crippen LogP contribution in [0.25, 0.3) is 0 Å². The normalized spacial score (nSPS) is 15.6. The minimum Gasteiger partial charge on any atom is -0.493 e. The monoisotopic (exact) mass is 454 g/mol. The van der Waals surface area contributed by atoms with E-state index in [2.05, 4.69) is 12.2 Å². The fraction of sp³-hybridized carbons (Fsp3) is 0.462. The van der Waals surface area contributed by atoms with Gasteiger partial charge >= 0.3 is 0 Å². The second-order valence-electron chi connectivity index (χ2n) is 8.22. The number of unbranched alkanes of at least 4 members (excludes halogenated alkanes) is 1. The van der Waals surface area contributed by atoms with E-state index in [1.807, 2.05) is 30.3 Å². The first-order valence-corrected chi connectivity index (χ1v) is 11.6. The molecule has 1 N–H and O–H groups in total. The van der Waals surface area contributed by atoms with Crippen molar-refractivity contribution in [1.29, 1.82) is 0 Å². The molecule has 0 aromatic heterocycles. The molecule has 1 unspecified atom stereocenters. The molecule has 0 spiro atoms. The van der Waals surface area contributed by atoms with Crippen molar-refractivity contribution in [2.45, 2.75) is 39.2 Å². The molecule has 7 nitrogen and oxygen atoms in total. The van der Waals surface area contributed by atoms with Gasteiger partial charge < -0.3 is 24.4 Å². The van der Waals surface area contributed by atoms with E-state index >= 15 is 0 Å². The Morgan fingerprint density at radius 1 is 1.09 bits per heavy atom. The third kappa shape index (κ3) is 6.40. The van der Waals surface area contributed by atoms with Crippen LogP contribution < -0.4 is 19.5 Å². The number of amides is 2. The van der Waals surface area contributed by atoms with Crippen molar-refractivity contribution < 1.29 is 23.8 Å². The molecule has 1 fully saturated rings. The molecule has 33 heavy (non-hydrogen) atoms. The summed E-state index contributed by atoms with van der Waals surface area (Å²) in [6.45, 7) is 4.15. The number of piperidine rings is 1. The topological polar surface area (TPSA) is 77.1 Å². The minimum atomic E-state index is -0.183. The van der Waals surface area contributed by atoms with Gasteiger partial charge in [-0.3, -0.25) is 9.59 Å². The van der Waals surface area contributed by atoms with Crippen LogP contribution in [0.3, 0.4) is 0 Å². The summed E-state index contributed by atoms with van der Waals surface area (Å²) in [5.41, 5.74) is 1.46. The lowest BCUT2D eigenvalue weighted by atomic mass is 9.96. The number of benzene rings is 2. The van der Waals surface area contributed by atoms with Gasteiger partial charge in [0.05, 0.1) is 20.1 Å². The number of methoxy groups -OCH3 is 2. The first-order valence-electron chi connectivity index (χ1n) is 11.6. The number of nitrogens with one attached hydrogen (secondary N) is 1. The van der Waals surface area contributed by atoms with Crippen molar-refractivity contribution in [3.63, 3.8) is 0 Å². The van der Waals surface area contributed by atoms with Crippen molar-refractivity contribution in [3.8, 4) is 17.2 Å². The van der Waals surface area contributed by atoms with Gasteiger partial charge in [-0.25, -0.2) is 0 Å². The average molecular weight is 455 g/mol. The van der Waals surface area contributed by atoms with Crippen LogP contribution in [-0.2, 0) is 11.4 Å². The van der Waals surface area contributed by atoms with Gasteiger partial charge in [-0.1, -0.05) is 43.7 Å². The minimum absolute atomic E-state index is 0.0285. The third-order valence-corrected chi connectivity index (χ3v) is 5.84. The molecule has 0 bridgehead atoms. The Labute approximate surface area is 196 Å². The summed E-state index contributed by atoms with van der Waals surface area (Å²) in [6.07, 6.45) is 3.58. The van der Waals surface area contributed by atoms with Crippen LogP contribution >= 0.6 is 0 Å². The summed E-state index contributed by atoms with van der Waals surface area (Å²) in [7, 11) is 3.08. The Kier molecular flexibility index (Phi) is 8.98. The predicted octanol–water partition coefficient (Wildman–Crippen LogP) is 4.05. The van der Waals surface area contributed by atoms with Crippen LogP contribution in [0.4, 0.5) is 0 Å². The SMILES string of the molecule is CCCCNC(=O)C1CCCN(C(=O)c2cc(OC)c(OCc3ccccc3)c(OC)c2)C1. The average Bonchev–Trinajstić information content (AvgIpc) is 2.87. The van der Waals surface area contributed by atoms with Crippen LogP contribution in [0, 0.1) is 5.92 Å². The summed E-state index contributed by atoms with van der Waals surface area (Å²) in [5.74, 6) is 1.01. The predicted molar refractivity (Wildman–Crippen MR) is 127 cm³/mol. The van der Waals surface area contributed by atoms with E-state index < -0.39 is 0 Å². The second kappa shape index (κ2) is 12.1. The van der Waals surface area contributed by atoms with Gasteiger partial charge in [0.2, 0.25) is 11.7 Å². The maximum absolute atomic E-state index is 13.3. The molecular weight excluding hydrogens is 420 g/mol. The van der Waals surface area contributed by atoms with Crippen molar-refractivity contribution in [2.24, 2.45) is 5.92 Å². The maximum atomic E-state index is 13.3. The summed E-state index contributed by atoms with van der Waals surface area (Å²) < 4.78 is 17.0. The second-order valence-corrected chi connectivity index (χ2v) is 8.22. The highest BCUT2D eigenvalue weighted by atomic mass is 16.5. The lowest BCUT2D eigenvalue weighted by Crippen LogP contribution is -2.45. The third-order valence-electron chi connectivity index (χ3n) is 5.84. The molecule has 3 rings (SSSR count). The molecule has 2 amide bonds. The molecule has 7 heteroatoms. The number of hydrogen-bond acceptors (Lipinski definition) is 5. The van der Waals surface area contributed by atoms with Crippen LogP contribution in [0.2, 0.25) is 0 Å². The van der Waals surface area contributed by atoms with Gasteiger partial charge in [0.15, 0.2) is 11.5 Å². The van der Waals surface area contributed by atoms with E-state index in [1.54, 1.807) is 17.0 Å².